The van der Waals surface area contributed by atoms with Crippen LogP contribution in [0.2, 0.25) is 0 Å². The predicted octanol–water partition coefficient (Wildman–Crippen LogP) is 7.36. The van der Waals surface area contributed by atoms with Gasteiger partial charge in [-0.3, -0.25) is 24.2 Å². The Labute approximate surface area is 293 Å². The van der Waals surface area contributed by atoms with Gasteiger partial charge in [-0.25, -0.2) is 0 Å². The summed E-state index contributed by atoms with van der Waals surface area (Å²) < 4.78 is 49.8. The van der Waals surface area contributed by atoms with Crippen molar-refractivity contribution in [2.75, 3.05) is 26.5 Å². The summed E-state index contributed by atoms with van der Waals surface area (Å²) in [6.45, 7) is 5.44. The van der Waals surface area contributed by atoms with E-state index in [1.807, 2.05) is 0 Å². The Hall–Kier alpha value is -4.97. The molecule has 2 aliphatic rings. The third kappa shape index (κ3) is 9.17. The molecule has 0 bridgehead atoms. The minimum absolute atomic E-state index is 0.0211. The molecule has 4 rings (SSSR count). The number of carbonyl (C=O) groups is 4. The second-order valence-corrected chi connectivity index (χ2v) is 12.5. The molecule has 50 heavy (non-hydrogen) atoms. The van der Waals surface area contributed by atoms with Crippen LogP contribution in [0.25, 0.3) is 0 Å². The molecule has 0 aromatic heterocycles. The molecule has 0 fully saturated rings. The summed E-state index contributed by atoms with van der Waals surface area (Å²) >= 11 is 6.36. The summed E-state index contributed by atoms with van der Waals surface area (Å²) in [7, 11) is 4.42. The summed E-state index contributed by atoms with van der Waals surface area (Å²) in [4.78, 5) is 57.4. The number of nitrogens with one attached hydrogen (secondary N) is 1. The number of dihydropyridines is 1. The van der Waals surface area contributed by atoms with Gasteiger partial charge in [-0.2, -0.15) is 13.2 Å². The van der Waals surface area contributed by atoms with E-state index in [2.05, 4.69) is 16.9 Å². The van der Waals surface area contributed by atoms with Gasteiger partial charge in [-0.1, -0.05) is 54.6 Å². The largest absolute Gasteiger partial charge is 0.469 e. The Morgan fingerprint density at radius 2 is 1.82 bits per heavy atom. The molecule has 0 saturated heterocycles. The molecule has 264 valence electrons. The maximum Gasteiger partial charge on any atom is 0.416 e. The third-order valence-electron chi connectivity index (χ3n) is 8.16. The van der Waals surface area contributed by atoms with Crippen molar-refractivity contribution in [1.82, 2.24) is 4.90 Å². The first kappa shape index (κ1) is 37.8. The SMILES string of the molecule is C=CC1=CC(C(=O)OC)CC(Cl)=C1OC(=O)CCCc1ccc(NC(=O)C2C=CC(C)=NC2c2ccc(C(F)(F)F)cc2)c(C(=O)N(C)C)c1. The van der Waals surface area contributed by atoms with Gasteiger partial charge in [0.15, 0.2) is 5.76 Å². The average molecular weight is 712 g/mol. The summed E-state index contributed by atoms with van der Waals surface area (Å²) in [5, 5.41) is 3.02. The first-order chi connectivity index (χ1) is 23.6. The molecule has 3 unspecified atom stereocenters. The molecule has 1 N–H and O–H groups in total. The molecule has 9 nitrogen and oxygen atoms in total. The lowest BCUT2D eigenvalue weighted by Gasteiger charge is -2.25. The summed E-state index contributed by atoms with van der Waals surface area (Å²) in [6.07, 6.45) is 2.74. The van der Waals surface area contributed by atoms with E-state index in [-0.39, 0.29) is 40.8 Å². The van der Waals surface area contributed by atoms with Crippen LogP contribution in [0.15, 0.2) is 94.7 Å². The zero-order valence-corrected chi connectivity index (χ0v) is 28.7. The third-order valence-corrected chi connectivity index (χ3v) is 8.49. The van der Waals surface area contributed by atoms with E-state index in [1.165, 1.54) is 30.2 Å². The highest BCUT2D eigenvalue weighted by Gasteiger charge is 2.33. The van der Waals surface area contributed by atoms with Gasteiger partial charge in [-0.05, 0) is 61.2 Å². The van der Waals surface area contributed by atoms with Crippen molar-refractivity contribution in [3.05, 3.63) is 112 Å². The monoisotopic (exact) mass is 711 g/mol. The normalized spacial score (nSPS) is 18.8. The van der Waals surface area contributed by atoms with Crippen molar-refractivity contribution in [3.63, 3.8) is 0 Å². The molecule has 0 spiro atoms. The van der Waals surface area contributed by atoms with Crippen LogP contribution in [0, 0.1) is 11.8 Å². The number of alkyl halides is 3. The number of amides is 2. The summed E-state index contributed by atoms with van der Waals surface area (Å²) in [6, 6.07) is 8.73. The fourth-order valence-electron chi connectivity index (χ4n) is 5.54. The van der Waals surface area contributed by atoms with E-state index in [0.717, 1.165) is 17.7 Å². The molecular weight excluding hydrogens is 675 g/mol. The zero-order valence-electron chi connectivity index (χ0n) is 28.0. The lowest BCUT2D eigenvalue weighted by Crippen LogP contribution is -2.30. The maximum absolute atomic E-state index is 13.6. The number of halogens is 4. The molecule has 1 aliphatic carbocycles. The van der Waals surface area contributed by atoms with Crippen LogP contribution in [0.4, 0.5) is 18.9 Å². The molecule has 2 aromatic rings. The van der Waals surface area contributed by atoms with Crippen LogP contribution >= 0.6 is 11.6 Å². The van der Waals surface area contributed by atoms with Crippen molar-refractivity contribution < 1.29 is 41.8 Å². The van der Waals surface area contributed by atoms with Gasteiger partial charge < -0.3 is 19.7 Å². The van der Waals surface area contributed by atoms with Crippen LogP contribution in [0.1, 0.15) is 59.3 Å². The smallest absolute Gasteiger partial charge is 0.416 e. The number of hydrogen-bond acceptors (Lipinski definition) is 7. The van der Waals surface area contributed by atoms with Crippen molar-refractivity contribution in [3.8, 4) is 0 Å². The summed E-state index contributed by atoms with van der Waals surface area (Å²) in [5.74, 6) is -3.22. The highest BCUT2D eigenvalue weighted by Crippen LogP contribution is 2.36. The second kappa shape index (κ2) is 16.2. The molecular formula is C37H37ClF3N3O6. The van der Waals surface area contributed by atoms with E-state index >= 15 is 0 Å². The van der Waals surface area contributed by atoms with E-state index in [4.69, 9.17) is 21.1 Å². The molecule has 0 radical (unpaired) electrons. The molecule has 1 heterocycles. The number of anilines is 1. The minimum atomic E-state index is -4.50. The maximum atomic E-state index is 13.6. The molecule has 2 aromatic carbocycles. The number of esters is 2. The van der Waals surface area contributed by atoms with E-state index in [1.54, 1.807) is 57.4 Å². The van der Waals surface area contributed by atoms with E-state index < -0.39 is 47.5 Å². The van der Waals surface area contributed by atoms with Crippen molar-refractivity contribution in [2.45, 2.75) is 44.8 Å². The van der Waals surface area contributed by atoms with Gasteiger partial charge in [0.05, 0.1) is 46.8 Å². The number of benzene rings is 2. The number of aliphatic imine (C=N–C) groups is 1. The van der Waals surface area contributed by atoms with Crippen LogP contribution in [0.5, 0.6) is 0 Å². The Morgan fingerprint density at radius 1 is 1.12 bits per heavy atom. The number of rotatable bonds is 11. The molecule has 3 atom stereocenters. The number of aryl methyl sites for hydroxylation is 1. The highest BCUT2D eigenvalue weighted by atomic mass is 35.5. The lowest BCUT2D eigenvalue weighted by molar-refractivity contribution is -0.143. The van der Waals surface area contributed by atoms with Gasteiger partial charge in [0.2, 0.25) is 5.91 Å². The molecule has 13 heteroatoms. The van der Waals surface area contributed by atoms with Gasteiger partial charge in [0.25, 0.3) is 5.91 Å². The van der Waals surface area contributed by atoms with Gasteiger partial charge in [0.1, 0.15) is 0 Å². The van der Waals surface area contributed by atoms with Crippen molar-refractivity contribution in [2.24, 2.45) is 16.8 Å². The molecule has 2 amide bonds. The average Bonchev–Trinajstić information content (AvgIpc) is 3.08. The fourth-order valence-corrected chi connectivity index (χ4v) is 5.85. The first-order valence-corrected chi connectivity index (χ1v) is 16.1. The van der Waals surface area contributed by atoms with Crippen molar-refractivity contribution in [1.29, 1.82) is 0 Å². The Balaban J connectivity index is 1.45. The summed E-state index contributed by atoms with van der Waals surface area (Å²) in [5.41, 5.74) is 1.83. The number of methoxy groups -OCH3 is 1. The van der Waals surface area contributed by atoms with Crippen LogP contribution in [-0.2, 0) is 36.5 Å². The van der Waals surface area contributed by atoms with E-state index in [9.17, 15) is 32.3 Å². The number of carbonyl (C=O) groups excluding carboxylic acids is 4. The highest BCUT2D eigenvalue weighted by molar-refractivity contribution is 6.30. The number of ether oxygens (including phenoxy) is 2. The number of nitrogens with zero attached hydrogens (tertiary/aromatic N) is 2. The molecule has 1 aliphatic heterocycles. The van der Waals surface area contributed by atoms with Crippen molar-refractivity contribution >= 4 is 46.8 Å². The van der Waals surface area contributed by atoms with Crippen LogP contribution in [0.3, 0.4) is 0 Å². The fraction of sp³-hybridized carbons (Fsp3) is 0.324. The van der Waals surface area contributed by atoms with Gasteiger partial charge in [0, 0.05) is 38.2 Å². The Bertz CT molecular complexity index is 1790. The minimum Gasteiger partial charge on any atom is -0.469 e. The Morgan fingerprint density at radius 3 is 2.44 bits per heavy atom. The van der Waals surface area contributed by atoms with Crippen LogP contribution < -0.4 is 5.32 Å². The predicted molar refractivity (Wildman–Crippen MR) is 183 cm³/mol. The van der Waals surface area contributed by atoms with Crippen LogP contribution in [-0.4, -0.2) is 55.6 Å². The molecule has 0 saturated carbocycles. The van der Waals surface area contributed by atoms with Gasteiger partial charge in [-0.15, -0.1) is 0 Å². The zero-order chi connectivity index (χ0) is 36.7. The number of allylic oxidation sites excluding steroid dienone is 3. The quantitative estimate of drug-likeness (QED) is 0.244. The first-order valence-electron chi connectivity index (χ1n) is 15.7. The number of hydrogen-bond donors (Lipinski definition) is 1. The second-order valence-electron chi connectivity index (χ2n) is 12.0. The lowest BCUT2D eigenvalue weighted by atomic mass is 9.89. The Kier molecular flexibility index (Phi) is 12.2. The van der Waals surface area contributed by atoms with E-state index in [0.29, 0.717) is 29.7 Å². The topological polar surface area (TPSA) is 114 Å². The van der Waals surface area contributed by atoms with Gasteiger partial charge >= 0.3 is 18.1 Å². The standard InChI is InChI=1S/C37H37ClF3N3O6/c1-6-23-19-25(36(48)49-5)20-29(38)33(23)50-31(45)9-7-8-22-11-17-30(28(18-22)35(47)44(3)4)43-34(46)27-16-10-21(2)42-32(27)24-12-14-26(15-13-24)37(39,40)41/h6,10-19,25,27,32H,1,7-9,20H2,2-5H3,(H,43,46).